The van der Waals surface area contributed by atoms with Gasteiger partial charge < -0.3 is 27.4 Å². The molecule has 2 aromatic carbocycles. The van der Waals surface area contributed by atoms with Gasteiger partial charge >= 0.3 is 0 Å². The lowest BCUT2D eigenvalue weighted by molar-refractivity contribution is -0.139. The van der Waals surface area contributed by atoms with Gasteiger partial charge in [0.15, 0.2) is 5.96 Å². The van der Waals surface area contributed by atoms with Crippen LogP contribution in [0.4, 0.5) is 0 Å². The van der Waals surface area contributed by atoms with Crippen LogP contribution in [0.1, 0.15) is 42.4 Å². The molecule has 0 aromatic heterocycles. The van der Waals surface area contributed by atoms with Crippen molar-refractivity contribution in [2.45, 2.75) is 50.1 Å². The molecular weight excluding hydrogens is 556 g/mol. The summed E-state index contributed by atoms with van der Waals surface area (Å²) in [7, 11) is -3.92. The van der Waals surface area contributed by atoms with E-state index in [1.54, 1.807) is 48.5 Å². The molecule has 3 rings (SSSR count). The highest BCUT2D eigenvalue weighted by Gasteiger charge is 2.38. The van der Waals surface area contributed by atoms with Crippen LogP contribution < -0.4 is 27.2 Å². The van der Waals surface area contributed by atoms with Crippen molar-refractivity contribution in [3.63, 3.8) is 0 Å². The molecule has 1 aliphatic rings. The maximum Gasteiger partial charge on any atom is 0.243 e. The molecule has 0 bridgehead atoms. The highest BCUT2D eigenvalue weighted by Crippen LogP contribution is 2.21. The summed E-state index contributed by atoms with van der Waals surface area (Å²) in [5.74, 6) is -1.29. The summed E-state index contributed by atoms with van der Waals surface area (Å²) in [5, 5.41) is 10.8. The lowest BCUT2D eigenvalue weighted by atomic mass is 10.1. The number of nitrogen functional groups attached to an aromatic ring is 1. The Bertz CT molecular complexity index is 1330. The Labute approximate surface area is 238 Å². The van der Waals surface area contributed by atoms with Gasteiger partial charge in [-0.15, -0.1) is 0 Å². The maximum absolute atomic E-state index is 13.6. The number of guanidine groups is 1. The van der Waals surface area contributed by atoms with E-state index >= 15 is 0 Å². The molecule has 0 spiro atoms. The van der Waals surface area contributed by atoms with Gasteiger partial charge in [0.1, 0.15) is 17.9 Å². The molecule has 0 unspecified atom stereocenters. The fraction of sp³-hybridized carbons (Fsp3) is 0.385. The van der Waals surface area contributed by atoms with Crippen molar-refractivity contribution in [1.29, 1.82) is 5.41 Å². The number of nitrogens with zero attached hydrogens (tertiary/aromatic N) is 2. The van der Waals surface area contributed by atoms with E-state index < -0.39 is 28.0 Å². The molecule has 0 saturated carbocycles. The molecular formula is C26H35ClN8O4S. The number of hydrogen-bond acceptors (Lipinski definition) is 6. The Morgan fingerprint density at radius 2 is 1.73 bits per heavy atom. The number of likely N-dealkylation sites (tertiary alicyclic amines) is 1. The minimum atomic E-state index is -3.92. The first-order chi connectivity index (χ1) is 18.9. The first kappa shape index (κ1) is 30.9. The Hall–Kier alpha value is -3.68. The van der Waals surface area contributed by atoms with Crippen LogP contribution in [0.15, 0.2) is 53.5 Å². The number of hydrogen-bond donors (Lipinski definition) is 6. The SMILES string of the molecule is N=C(N)c1ccc(CNC(=O)[C@H]2CCCN2C(=O)[C@@H](CCCN=C(N)N)NS(=O)(=O)Cc2ccc(Cl)cc2)cc1. The average Bonchev–Trinajstić information content (AvgIpc) is 3.40. The smallest absolute Gasteiger partial charge is 0.243 e. The molecule has 1 fully saturated rings. The van der Waals surface area contributed by atoms with Crippen molar-refractivity contribution in [2.75, 3.05) is 13.1 Å². The van der Waals surface area contributed by atoms with Gasteiger partial charge in [0.25, 0.3) is 0 Å². The average molecular weight is 591 g/mol. The molecule has 2 aromatic rings. The van der Waals surface area contributed by atoms with E-state index in [4.69, 9.17) is 34.2 Å². The monoisotopic (exact) mass is 590 g/mol. The molecule has 2 amide bonds. The molecule has 1 aliphatic heterocycles. The summed E-state index contributed by atoms with van der Waals surface area (Å²) in [6.45, 7) is 0.774. The highest BCUT2D eigenvalue weighted by molar-refractivity contribution is 7.88. The molecule has 1 saturated heterocycles. The molecule has 0 aliphatic carbocycles. The Morgan fingerprint density at radius 1 is 1.07 bits per heavy atom. The van der Waals surface area contributed by atoms with Crippen LogP contribution >= 0.6 is 11.6 Å². The topological polar surface area (TPSA) is 210 Å². The summed E-state index contributed by atoms with van der Waals surface area (Å²) in [4.78, 5) is 32.0. The third-order valence-corrected chi connectivity index (χ3v) is 8.01. The normalized spacial score (nSPS) is 15.8. The zero-order valence-electron chi connectivity index (χ0n) is 22.0. The van der Waals surface area contributed by atoms with Crippen LogP contribution in [0.3, 0.4) is 0 Å². The number of benzene rings is 2. The van der Waals surface area contributed by atoms with Gasteiger partial charge in [0.2, 0.25) is 21.8 Å². The second-order valence-corrected chi connectivity index (χ2v) is 11.7. The van der Waals surface area contributed by atoms with Crippen LogP contribution in [0.5, 0.6) is 0 Å². The van der Waals surface area contributed by atoms with Crippen LogP contribution in [0.25, 0.3) is 0 Å². The number of amides is 2. The van der Waals surface area contributed by atoms with E-state index in [1.807, 2.05) is 0 Å². The van der Waals surface area contributed by atoms with Gasteiger partial charge in [-0.3, -0.25) is 20.0 Å². The number of amidine groups is 1. The Kier molecular flexibility index (Phi) is 10.9. The molecule has 9 N–H and O–H groups in total. The summed E-state index contributed by atoms with van der Waals surface area (Å²) >= 11 is 5.90. The summed E-state index contributed by atoms with van der Waals surface area (Å²) in [6, 6.07) is 11.5. The fourth-order valence-corrected chi connectivity index (χ4v) is 5.90. The third kappa shape index (κ3) is 9.21. The zero-order chi connectivity index (χ0) is 29.3. The van der Waals surface area contributed by atoms with Crippen molar-refractivity contribution in [2.24, 2.45) is 22.2 Å². The van der Waals surface area contributed by atoms with Crippen molar-refractivity contribution >= 4 is 45.2 Å². The highest BCUT2D eigenvalue weighted by atomic mass is 35.5. The molecule has 216 valence electrons. The van der Waals surface area contributed by atoms with Gasteiger partial charge in [-0.05, 0) is 48.9 Å². The molecule has 14 heteroatoms. The maximum atomic E-state index is 13.6. The van der Waals surface area contributed by atoms with E-state index in [1.165, 1.54) is 4.90 Å². The van der Waals surface area contributed by atoms with Crippen LogP contribution in [-0.4, -0.2) is 62.1 Å². The summed E-state index contributed by atoms with van der Waals surface area (Å²) < 4.78 is 28.6. The number of aliphatic imine (C=N–C) groups is 1. The lowest BCUT2D eigenvalue weighted by Crippen LogP contribution is -2.53. The predicted molar refractivity (Wildman–Crippen MR) is 155 cm³/mol. The number of halogens is 1. The van der Waals surface area contributed by atoms with Crippen LogP contribution in [0, 0.1) is 5.41 Å². The van der Waals surface area contributed by atoms with E-state index in [0.717, 1.165) is 5.56 Å². The number of carbonyl (C=O) groups excluding carboxylic acids is 2. The van der Waals surface area contributed by atoms with Crippen molar-refractivity contribution < 1.29 is 18.0 Å². The second-order valence-electron chi connectivity index (χ2n) is 9.52. The summed E-state index contributed by atoms with van der Waals surface area (Å²) in [5.41, 5.74) is 18.1. The van der Waals surface area contributed by atoms with Crippen LogP contribution in [-0.2, 0) is 31.9 Å². The van der Waals surface area contributed by atoms with Crippen molar-refractivity contribution in [3.05, 3.63) is 70.2 Å². The standard InChI is InChI=1S/C26H35ClN8O4S/c27-20-11-7-18(8-12-20)16-40(38,39)34-21(3-1-13-32-26(30)31)25(37)35-14-2-4-22(35)24(36)33-15-17-5-9-19(10-6-17)23(28)29/h5-12,21-22,34H,1-4,13-16H2,(H3,28,29)(H,33,36)(H4,30,31,32)/t21-,22-/m1/s1. The van der Waals surface area contributed by atoms with E-state index in [9.17, 15) is 18.0 Å². The largest absolute Gasteiger partial charge is 0.384 e. The van der Waals surface area contributed by atoms with Gasteiger partial charge in [-0.2, -0.15) is 0 Å². The number of sulfonamides is 1. The van der Waals surface area contributed by atoms with Gasteiger partial charge in [-0.1, -0.05) is 48.0 Å². The molecule has 12 nitrogen and oxygen atoms in total. The number of nitrogens with two attached hydrogens (primary N) is 3. The van der Waals surface area contributed by atoms with E-state index in [-0.39, 0.29) is 43.0 Å². The molecule has 0 radical (unpaired) electrons. The molecule has 40 heavy (non-hydrogen) atoms. The molecule has 2 atom stereocenters. The Morgan fingerprint density at radius 3 is 2.35 bits per heavy atom. The predicted octanol–water partition coefficient (Wildman–Crippen LogP) is 0.773. The number of carbonyl (C=O) groups is 2. The quantitative estimate of drug-likeness (QED) is 0.112. The van der Waals surface area contributed by atoms with E-state index in [0.29, 0.717) is 42.0 Å². The van der Waals surface area contributed by atoms with Gasteiger partial charge in [-0.25, -0.2) is 13.1 Å². The first-order valence-electron chi connectivity index (χ1n) is 12.8. The fourth-order valence-electron chi connectivity index (χ4n) is 4.41. The number of rotatable bonds is 13. The second kappa shape index (κ2) is 14.1. The van der Waals surface area contributed by atoms with Crippen LogP contribution in [0.2, 0.25) is 5.02 Å². The molecule has 1 heterocycles. The van der Waals surface area contributed by atoms with Gasteiger partial charge in [0.05, 0.1) is 5.75 Å². The summed E-state index contributed by atoms with van der Waals surface area (Å²) in [6.07, 6.45) is 1.55. The van der Waals surface area contributed by atoms with E-state index in [2.05, 4.69) is 15.0 Å². The minimum Gasteiger partial charge on any atom is -0.384 e. The first-order valence-corrected chi connectivity index (χ1v) is 14.8. The minimum absolute atomic E-state index is 0.0488. The number of nitrogens with one attached hydrogen (secondary N) is 3. The third-order valence-electron chi connectivity index (χ3n) is 6.41. The van der Waals surface area contributed by atoms with Crippen molar-refractivity contribution in [3.8, 4) is 0 Å². The lowest BCUT2D eigenvalue weighted by Gasteiger charge is -2.28. The van der Waals surface area contributed by atoms with Crippen molar-refractivity contribution in [1.82, 2.24) is 14.9 Å². The van der Waals surface area contributed by atoms with Gasteiger partial charge in [0, 0.05) is 30.2 Å². The zero-order valence-corrected chi connectivity index (χ0v) is 23.5. The Balaban J connectivity index is 1.69.